The molecule has 0 radical (unpaired) electrons. The van der Waals surface area contributed by atoms with Gasteiger partial charge < -0.3 is 15.3 Å². The lowest BCUT2D eigenvalue weighted by atomic mass is 10.0. The molecule has 48 heavy (non-hydrogen) atoms. The van der Waals surface area contributed by atoms with Gasteiger partial charge in [0, 0.05) is 16.7 Å². The van der Waals surface area contributed by atoms with E-state index in [-0.39, 0.29) is 17.3 Å². The van der Waals surface area contributed by atoms with Gasteiger partial charge in [-0.05, 0) is 16.7 Å². The zero-order chi connectivity index (χ0) is 34.1. The Morgan fingerprint density at radius 2 is 0.458 bits per heavy atom. The summed E-state index contributed by atoms with van der Waals surface area (Å²) in [6.45, 7) is 0. The van der Waals surface area contributed by atoms with Gasteiger partial charge in [-0.2, -0.15) is 0 Å². The second-order valence-electron chi connectivity index (χ2n) is 10.6. The number of aliphatic hydroxyl groups is 3. The Hall–Kier alpha value is -5.79. The van der Waals surface area contributed by atoms with E-state index in [1.807, 2.05) is 36.4 Å². The van der Waals surface area contributed by atoms with Gasteiger partial charge in [-0.15, -0.1) is 0 Å². The molecule has 3 atom stereocenters. The number of hydrogen-bond acceptors (Lipinski definition) is 6. The molecular formula is C42H36O6. The zero-order valence-corrected chi connectivity index (χ0v) is 26.1. The molecule has 0 aliphatic rings. The van der Waals surface area contributed by atoms with Crippen molar-refractivity contribution < 1.29 is 29.7 Å². The summed E-state index contributed by atoms with van der Waals surface area (Å²) in [5.41, 5.74) is 3.45. The largest absolute Gasteiger partial charge is 0.380 e. The van der Waals surface area contributed by atoms with E-state index in [1.54, 1.807) is 146 Å². The number of carbonyl (C=O) groups is 3. The zero-order valence-electron chi connectivity index (χ0n) is 26.1. The van der Waals surface area contributed by atoms with Gasteiger partial charge in [0.1, 0.15) is 18.3 Å². The number of benzene rings is 6. The van der Waals surface area contributed by atoms with E-state index >= 15 is 0 Å². The standard InChI is InChI=1S/3C14H12O2/c3*15-13(11-7-3-1-4-8-11)14(16)12-9-5-2-6-10-12/h3*1-10,13,15H. The summed E-state index contributed by atoms with van der Waals surface area (Å²) in [6, 6.07) is 53.2. The maximum absolute atomic E-state index is 11.9. The first kappa shape index (κ1) is 35.1. The Labute approximate surface area is 280 Å². The molecule has 0 saturated heterocycles. The Morgan fingerprint density at radius 1 is 0.292 bits per heavy atom. The third-order valence-electron chi connectivity index (χ3n) is 7.27. The topological polar surface area (TPSA) is 112 Å². The van der Waals surface area contributed by atoms with Crippen molar-refractivity contribution in [1.82, 2.24) is 0 Å². The fraction of sp³-hybridized carbons (Fsp3) is 0.0714. The van der Waals surface area contributed by atoms with Crippen molar-refractivity contribution in [2.24, 2.45) is 0 Å². The summed E-state index contributed by atoms with van der Waals surface area (Å²) in [5.74, 6) is -0.814. The molecule has 0 spiro atoms. The second-order valence-corrected chi connectivity index (χ2v) is 10.6. The van der Waals surface area contributed by atoms with Crippen molar-refractivity contribution in [2.45, 2.75) is 18.3 Å². The van der Waals surface area contributed by atoms with Crippen LogP contribution < -0.4 is 0 Å². The molecule has 0 bridgehead atoms. The number of aliphatic hydroxyl groups excluding tert-OH is 3. The second kappa shape index (κ2) is 18.4. The third-order valence-corrected chi connectivity index (χ3v) is 7.27. The van der Waals surface area contributed by atoms with Gasteiger partial charge in [-0.1, -0.05) is 182 Å². The lowest BCUT2D eigenvalue weighted by Crippen LogP contribution is -2.11. The fourth-order valence-corrected chi connectivity index (χ4v) is 4.64. The molecule has 6 aromatic rings. The van der Waals surface area contributed by atoms with Crippen molar-refractivity contribution in [3.05, 3.63) is 215 Å². The third kappa shape index (κ3) is 10.1. The van der Waals surface area contributed by atoms with Crippen molar-refractivity contribution >= 4 is 17.3 Å². The molecule has 0 aliphatic carbocycles. The number of Topliss-reactive ketones (excluding diaryl/α,β-unsaturated/α-hetero) is 3. The van der Waals surface area contributed by atoms with Gasteiger partial charge in [0.05, 0.1) is 0 Å². The molecule has 0 amide bonds. The summed E-state index contributed by atoms with van der Waals surface area (Å²) in [6.07, 6.45) is -3.24. The Bertz CT molecular complexity index is 1610. The maximum atomic E-state index is 11.9. The van der Waals surface area contributed by atoms with Crippen LogP contribution in [-0.4, -0.2) is 32.7 Å². The first-order valence-electron chi connectivity index (χ1n) is 15.3. The van der Waals surface area contributed by atoms with Crippen LogP contribution in [0.1, 0.15) is 66.1 Å². The van der Waals surface area contributed by atoms with Crippen LogP contribution in [0.5, 0.6) is 0 Å². The molecule has 3 unspecified atom stereocenters. The highest BCUT2D eigenvalue weighted by molar-refractivity contribution is 6.01. The molecular weight excluding hydrogens is 600 g/mol. The van der Waals surface area contributed by atoms with Crippen LogP contribution in [0.25, 0.3) is 0 Å². The highest BCUT2D eigenvalue weighted by atomic mass is 16.3. The number of rotatable bonds is 9. The van der Waals surface area contributed by atoms with Crippen LogP contribution in [-0.2, 0) is 0 Å². The van der Waals surface area contributed by atoms with Crippen LogP contribution in [0, 0.1) is 0 Å². The van der Waals surface area contributed by atoms with Crippen LogP contribution in [0.4, 0.5) is 0 Å². The average molecular weight is 637 g/mol. The van der Waals surface area contributed by atoms with Gasteiger partial charge in [-0.3, -0.25) is 14.4 Å². The molecule has 0 aliphatic heterocycles. The monoisotopic (exact) mass is 636 g/mol. The molecule has 0 aromatic heterocycles. The smallest absolute Gasteiger partial charge is 0.195 e. The van der Waals surface area contributed by atoms with Gasteiger partial charge >= 0.3 is 0 Å². The summed E-state index contributed by atoms with van der Waals surface area (Å²) in [7, 11) is 0. The quantitative estimate of drug-likeness (QED) is 0.140. The van der Waals surface area contributed by atoms with Crippen LogP contribution >= 0.6 is 0 Å². The molecule has 6 heteroatoms. The van der Waals surface area contributed by atoms with E-state index < -0.39 is 18.3 Å². The van der Waals surface area contributed by atoms with E-state index in [9.17, 15) is 29.7 Å². The van der Waals surface area contributed by atoms with Gasteiger partial charge in [0.2, 0.25) is 0 Å². The number of hydrogen-bond donors (Lipinski definition) is 3. The molecule has 6 rings (SSSR count). The van der Waals surface area contributed by atoms with E-state index in [1.165, 1.54) is 0 Å². The Morgan fingerprint density at radius 3 is 0.646 bits per heavy atom. The van der Waals surface area contributed by atoms with Gasteiger partial charge in [-0.25, -0.2) is 0 Å². The van der Waals surface area contributed by atoms with E-state index in [0.717, 1.165) is 0 Å². The van der Waals surface area contributed by atoms with E-state index in [2.05, 4.69) is 0 Å². The SMILES string of the molecule is O=C(c1ccccc1)C(O)c1ccccc1.O=C(c1ccccc1)C(O)c1ccccc1.O=C(c1ccccc1)C(O)c1ccccc1. The molecule has 0 saturated carbocycles. The predicted molar refractivity (Wildman–Crippen MR) is 187 cm³/mol. The minimum Gasteiger partial charge on any atom is -0.380 e. The lowest BCUT2D eigenvalue weighted by Gasteiger charge is -2.09. The van der Waals surface area contributed by atoms with Crippen LogP contribution in [0.3, 0.4) is 0 Å². The highest BCUT2D eigenvalue weighted by Gasteiger charge is 2.20. The van der Waals surface area contributed by atoms with Crippen LogP contribution in [0.2, 0.25) is 0 Å². The maximum Gasteiger partial charge on any atom is 0.195 e. The molecule has 240 valence electrons. The first-order valence-corrected chi connectivity index (χ1v) is 15.3. The fourth-order valence-electron chi connectivity index (χ4n) is 4.64. The molecule has 0 fully saturated rings. The van der Waals surface area contributed by atoms with Crippen molar-refractivity contribution in [3.8, 4) is 0 Å². The molecule has 0 heterocycles. The summed E-state index contributed by atoms with van der Waals surface area (Å²) in [4.78, 5) is 35.7. The lowest BCUT2D eigenvalue weighted by molar-refractivity contribution is 0.0743. The molecule has 6 aromatic carbocycles. The normalized spacial score (nSPS) is 12.1. The van der Waals surface area contributed by atoms with E-state index in [4.69, 9.17) is 0 Å². The minimum absolute atomic E-state index is 0.271. The van der Waals surface area contributed by atoms with Gasteiger partial charge in [0.25, 0.3) is 0 Å². The number of carbonyl (C=O) groups excluding carboxylic acids is 3. The summed E-state index contributed by atoms with van der Waals surface area (Å²) < 4.78 is 0. The Kier molecular flexibility index (Phi) is 13.4. The minimum atomic E-state index is -1.08. The van der Waals surface area contributed by atoms with Crippen molar-refractivity contribution in [3.63, 3.8) is 0 Å². The van der Waals surface area contributed by atoms with Crippen LogP contribution in [0.15, 0.2) is 182 Å². The van der Waals surface area contributed by atoms with Gasteiger partial charge in [0.15, 0.2) is 17.3 Å². The summed E-state index contributed by atoms with van der Waals surface area (Å²) >= 11 is 0. The first-order chi connectivity index (χ1) is 23.4. The summed E-state index contributed by atoms with van der Waals surface area (Å²) in [5, 5.41) is 29.7. The predicted octanol–water partition coefficient (Wildman–Crippen LogP) is 7.81. The van der Waals surface area contributed by atoms with Crippen molar-refractivity contribution in [1.29, 1.82) is 0 Å². The highest BCUT2D eigenvalue weighted by Crippen LogP contribution is 2.20. The molecule has 3 N–H and O–H groups in total. The van der Waals surface area contributed by atoms with E-state index in [0.29, 0.717) is 33.4 Å². The van der Waals surface area contributed by atoms with Crippen molar-refractivity contribution in [2.75, 3.05) is 0 Å². The number of ketones is 3. The Balaban J connectivity index is 0.000000163. The molecule has 6 nitrogen and oxygen atoms in total. The average Bonchev–Trinajstić information content (AvgIpc) is 3.18.